The first-order valence-corrected chi connectivity index (χ1v) is 39.3. The molecule has 15 aromatic carbocycles. The molecule has 0 saturated heterocycles. The predicted molar refractivity (Wildman–Crippen MR) is 463 cm³/mol. The van der Waals surface area contributed by atoms with Crippen LogP contribution in [-0.2, 0) is 0 Å². The molecule has 22 heteroatoms. The summed E-state index contributed by atoms with van der Waals surface area (Å²) in [6.07, 6.45) is 0. The van der Waals surface area contributed by atoms with Gasteiger partial charge in [0.1, 0.15) is 68.0 Å². The summed E-state index contributed by atoms with van der Waals surface area (Å²) >= 11 is 3.57. The Balaban J connectivity index is 0.000000119. The van der Waals surface area contributed by atoms with Crippen molar-refractivity contribution in [3.8, 4) is 131 Å². The molecular weight excluding hydrogens is 1560 g/mol. The van der Waals surface area contributed by atoms with Gasteiger partial charge in [0.05, 0.1) is 126 Å². The summed E-state index contributed by atoms with van der Waals surface area (Å²) in [5.74, 6) is -5.05. The molecule has 0 aliphatic heterocycles. The Labute approximate surface area is 691 Å². The van der Waals surface area contributed by atoms with Crippen molar-refractivity contribution in [2.75, 3.05) is 0 Å². The fourth-order valence-corrected chi connectivity index (χ4v) is 17.2. The van der Waals surface area contributed by atoms with Crippen molar-refractivity contribution < 1.29 is 22.0 Å². The van der Waals surface area contributed by atoms with Crippen molar-refractivity contribution in [3.63, 3.8) is 0 Å². The van der Waals surface area contributed by atoms with Gasteiger partial charge in [0.25, 0.3) is 0 Å². The minimum atomic E-state index is -1.23. The fraction of sp³-hybridized carbons (Fsp3) is 0. The lowest BCUT2D eigenvalue weighted by molar-refractivity contribution is 0.543. The lowest BCUT2D eigenvalue weighted by Crippen LogP contribution is -1.98. The van der Waals surface area contributed by atoms with Gasteiger partial charge in [-0.2, -0.15) is 52.6 Å². The topological polar surface area (TPSA) is 235 Å². The molecule has 6 aromatic heterocycles. The Morgan fingerprint density at radius 2 is 0.542 bits per heavy atom. The van der Waals surface area contributed by atoms with E-state index in [1.807, 2.05) is 182 Å². The average molecular weight is 1610 g/mol. The van der Waals surface area contributed by atoms with E-state index < -0.39 is 40.2 Å². The standard InChI is InChI=1S/C34H16N6S.C32H15F3N4S.C32H16F2N4S/c35-17-20-14-25(18-36)31(26(15-20)19-37)22-8-6-21(7-9-22)24-10-11-27-30(16-24)38-33(23-4-2-1-3-5-23)28-12-13-29-34(32(27)28)40-41-39-29;33-24-15-25(34)28(30(35)23(24)16-36)18-8-6-17(7-9-18)20-10-11-21-27(14-20)37-31(19-4-2-1-3-5-19)22-12-13-26-32(29(21)22)39-40-38-26;33-25-14-18(17-35)15-26(34)29(25)20-8-6-19(7-9-20)22-10-11-23-28(16-22)36-31(21-4-2-1-3-5-21)24-12-13-27-32(30(23)24)38-39-37-27/h1-16H;1-15H;1-16H. The van der Waals surface area contributed by atoms with Gasteiger partial charge in [0, 0.05) is 76.8 Å². The van der Waals surface area contributed by atoms with Crippen LogP contribution in [0.2, 0.25) is 0 Å². The van der Waals surface area contributed by atoms with Crippen LogP contribution in [0.25, 0.3) is 199 Å². The average Bonchev–Trinajstić information content (AvgIpc) is 1.65. The number of halogens is 5. The molecule has 0 unspecified atom stereocenters. The van der Waals surface area contributed by atoms with E-state index in [2.05, 4.69) is 80.8 Å². The minimum Gasteiger partial charge on any atom is -0.247 e. The molecule has 21 rings (SSSR count). The summed E-state index contributed by atoms with van der Waals surface area (Å²) in [4.78, 5) is 15.3. The Bertz CT molecular complexity index is 7980. The highest BCUT2D eigenvalue weighted by Crippen LogP contribution is 2.44. The van der Waals surface area contributed by atoms with Gasteiger partial charge in [-0.05, 0) is 129 Å². The van der Waals surface area contributed by atoms with Gasteiger partial charge >= 0.3 is 0 Å². The molecule has 0 bridgehead atoms. The van der Waals surface area contributed by atoms with E-state index in [1.165, 1.54) is 53.4 Å². The Hall–Kier alpha value is -16.1. The van der Waals surface area contributed by atoms with Gasteiger partial charge in [0.15, 0.2) is 5.82 Å². The van der Waals surface area contributed by atoms with Crippen LogP contribution in [-0.4, -0.2) is 41.2 Å². The first-order chi connectivity index (χ1) is 58.8. The summed E-state index contributed by atoms with van der Waals surface area (Å²) < 4.78 is 99.3. The molecule has 0 amide bonds. The van der Waals surface area contributed by atoms with Gasteiger partial charge < -0.3 is 0 Å². The molecule has 0 atom stereocenters. The van der Waals surface area contributed by atoms with Gasteiger partial charge in [-0.1, -0.05) is 200 Å². The largest absolute Gasteiger partial charge is 0.247 e. The normalized spacial score (nSPS) is 11.2. The van der Waals surface area contributed by atoms with Crippen LogP contribution in [0.4, 0.5) is 22.0 Å². The Morgan fingerprint density at radius 1 is 0.233 bits per heavy atom. The maximum Gasteiger partial charge on any atom is 0.154 e. The third-order valence-corrected chi connectivity index (χ3v) is 22.8. The Kier molecular flexibility index (Phi) is 19.1. The first kappa shape index (κ1) is 74.0. The number of nitrogens with zero attached hydrogens (tertiary/aromatic N) is 14. The highest BCUT2D eigenvalue weighted by atomic mass is 32.1. The van der Waals surface area contributed by atoms with Crippen molar-refractivity contribution in [1.82, 2.24) is 41.2 Å². The molecule has 21 aromatic rings. The first-order valence-electron chi connectivity index (χ1n) is 37.1. The summed E-state index contributed by atoms with van der Waals surface area (Å²) in [6, 6.07) is 97.0. The molecule has 0 fully saturated rings. The van der Waals surface area contributed by atoms with Gasteiger partial charge in [0.2, 0.25) is 0 Å². The van der Waals surface area contributed by atoms with E-state index in [-0.39, 0.29) is 22.3 Å². The molecule has 0 saturated carbocycles. The maximum atomic E-state index is 14.8. The van der Waals surface area contributed by atoms with Crippen molar-refractivity contribution in [3.05, 3.63) is 342 Å². The molecule has 562 valence electrons. The van der Waals surface area contributed by atoms with Crippen molar-refractivity contribution in [2.24, 2.45) is 0 Å². The number of hydrogen-bond donors (Lipinski definition) is 0. The van der Waals surface area contributed by atoms with E-state index >= 15 is 0 Å². The number of rotatable bonds is 9. The number of aromatic nitrogens is 9. The van der Waals surface area contributed by atoms with Crippen LogP contribution in [0, 0.1) is 85.7 Å². The van der Waals surface area contributed by atoms with E-state index in [1.54, 1.807) is 42.5 Å². The number of pyridine rings is 3. The van der Waals surface area contributed by atoms with Crippen LogP contribution in [0.3, 0.4) is 0 Å². The van der Waals surface area contributed by atoms with E-state index in [0.717, 1.165) is 183 Å². The third kappa shape index (κ3) is 13.2. The molecule has 0 aliphatic rings. The monoisotopic (exact) mass is 1610 g/mol. The number of benzene rings is 15. The zero-order chi connectivity index (χ0) is 81.8. The van der Waals surface area contributed by atoms with E-state index in [9.17, 15) is 37.7 Å². The maximum absolute atomic E-state index is 14.8. The van der Waals surface area contributed by atoms with Crippen LogP contribution >= 0.6 is 35.2 Å². The van der Waals surface area contributed by atoms with Crippen LogP contribution in [0.5, 0.6) is 0 Å². The van der Waals surface area contributed by atoms with Gasteiger partial charge in [-0.25, -0.2) is 36.9 Å². The number of fused-ring (bicyclic) bond motifs is 15. The summed E-state index contributed by atoms with van der Waals surface area (Å²) in [7, 11) is 0. The smallest absolute Gasteiger partial charge is 0.154 e. The molecule has 0 radical (unpaired) electrons. The van der Waals surface area contributed by atoms with Gasteiger partial charge in [-0.3, -0.25) is 0 Å². The van der Waals surface area contributed by atoms with Crippen LogP contribution in [0.1, 0.15) is 27.8 Å². The minimum absolute atomic E-state index is 0.0536. The second kappa shape index (κ2) is 30.9. The van der Waals surface area contributed by atoms with Gasteiger partial charge in [-0.15, -0.1) is 0 Å². The zero-order valence-electron chi connectivity index (χ0n) is 62.0. The predicted octanol–water partition coefficient (Wildman–Crippen LogP) is 25.2. The second-order valence-electron chi connectivity index (χ2n) is 28.0. The molecule has 6 heterocycles. The molecule has 120 heavy (non-hydrogen) atoms. The second-order valence-corrected chi connectivity index (χ2v) is 29.6. The molecule has 0 aliphatic carbocycles. The summed E-state index contributed by atoms with van der Waals surface area (Å²) in [5, 5.41) is 55.7. The molecule has 0 spiro atoms. The van der Waals surface area contributed by atoms with Crippen molar-refractivity contribution in [2.45, 2.75) is 0 Å². The molecular formula is C98H47F5N14S3. The van der Waals surface area contributed by atoms with Crippen LogP contribution < -0.4 is 0 Å². The number of hydrogen-bond acceptors (Lipinski definition) is 17. The summed E-state index contributed by atoms with van der Waals surface area (Å²) in [5.41, 5.74) is 19.8. The fourth-order valence-electron chi connectivity index (χ4n) is 15.6. The number of nitriles is 5. The quantitative estimate of drug-likeness (QED) is 0.0966. The summed E-state index contributed by atoms with van der Waals surface area (Å²) in [6.45, 7) is 0. The highest BCUT2D eigenvalue weighted by Gasteiger charge is 2.25. The Morgan fingerprint density at radius 3 is 0.883 bits per heavy atom. The third-order valence-electron chi connectivity index (χ3n) is 21.2. The van der Waals surface area contributed by atoms with E-state index in [4.69, 9.17) is 25.5 Å². The van der Waals surface area contributed by atoms with Crippen LogP contribution in [0.15, 0.2) is 285 Å². The highest BCUT2D eigenvalue weighted by molar-refractivity contribution is 7.00. The zero-order valence-corrected chi connectivity index (χ0v) is 64.5. The molecule has 0 N–H and O–H groups in total. The van der Waals surface area contributed by atoms with E-state index in [0.29, 0.717) is 28.3 Å². The lowest BCUT2D eigenvalue weighted by atomic mass is 9.92. The van der Waals surface area contributed by atoms with Crippen molar-refractivity contribution in [1.29, 1.82) is 26.3 Å². The molecule has 14 nitrogen and oxygen atoms in total. The SMILES string of the molecule is N#Cc1c(F)cc(F)c(-c2ccc(-c3ccc4c(c3)nc(-c3ccccc3)c3ccc5nsnc5c34)cc2)c1F.N#Cc1cc(C#N)c(-c2ccc(-c3ccc4c(c3)nc(-c3ccccc3)c3ccc5nsnc5c34)cc2)c(C#N)c1.N#Cc1cc(F)c(-c2ccc(-c3ccc4c(c3)nc(-c3ccccc3)c3ccc5nsnc5c34)cc2)c(F)c1. The lowest BCUT2D eigenvalue weighted by Gasteiger charge is -2.12. The van der Waals surface area contributed by atoms with Crippen molar-refractivity contribution >= 4 is 133 Å².